The monoisotopic (exact) mass is 279 g/mol. The SMILES string of the molecule is CCOC1CC(CC(=O)NCCCc2cn[nH]c2C)C1. The number of aromatic nitrogens is 2. The Kier molecular flexibility index (Phi) is 5.59. The molecule has 2 rings (SSSR count). The molecule has 1 saturated carbocycles. The van der Waals surface area contributed by atoms with Crippen LogP contribution in [0.2, 0.25) is 0 Å². The summed E-state index contributed by atoms with van der Waals surface area (Å²) >= 11 is 0. The Bertz CT molecular complexity index is 425. The minimum absolute atomic E-state index is 0.175. The molecule has 1 amide bonds. The summed E-state index contributed by atoms with van der Waals surface area (Å²) in [5.41, 5.74) is 2.35. The molecule has 1 aromatic rings. The van der Waals surface area contributed by atoms with Gasteiger partial charge < -0.3 is 10.1 Å². The Hall–Kier alpha value is -1.36. The van der Waals surface area contributed by atoms with Crippen LogP contribution in [0.3, 0.4) is 0 Å². The molecule has 0 bridgehead atoms. The second kappa shape index (κ2) is 7.43. The number of carbonyl (C=O) groups is 1. The molecule has 0 unspecified atom stereocenters. The van der Waals surface area contributed by atoms with Crippen LogP contribution in [-0.4, -0.2) is 35.4 Å². The van der Waals surface area contributed by atoms with Crippen molar-refractivity contribution in [3.63, 3.8) is 0 Å². The van der Waals surface area contributed by atoms with E-state index in [1.165, 1.54) is 5.56 Å². The van der Waals surface area contributed by atoms with Crippen LogP contribution in [0, 0.1) is 12.8 Å². The van der Waals surface area contributed by atoms with Crippen LogP contribution in [0.25, 0.3) is 0 Å². The fraction of sp³-hybridized carbons (Fsp3) is 0.733. The highest BCUT2D eigenvalue weighted by atomic mass is 16.5. The van der Waals surface area contributed by atoms with Crippen molar-refractivity contribution < 1.29 is 9.53 Å². The van der Waals surface area contributed by atoms with Crippen LogP contribution in [-0.2, 0) is 16.0 Å². The first-order chi connectivity index (χ1) is 9.69. The van der Waals surface area contributed by atoms with Gasteiger partial charge in [-0.05, 0) is 51.0 Å². The largest absolute Gasteiger partial charge is 0.378 e. The van der Waals surface area contributed by atoms with E-state index in [2.05, 4.69) is 15.5 Å². The van der Waals surface area contributed by atoms with Gasteiger partial charge in [-0.1, -0.05) is 0 Å². The molecule has 1 aliphatic rings. The summed E-state index contributed by atoms with van der Waals surface area (Å²) in [5.74, 6) is 0.691. The van der Waals surface area contributed by atoms with Crippen molar-refractivity contribution in [3.8, 4) is 0 Å². The lowest BCUT2D eigenvalue weighted by atomic mass is 9.80. The maximum atomic E-state index is 11.8. The molecule has 0 saturated heterocycles. The smallest absolute Gasteiger partial charge is 0.220 e. The van der Waals surface area contributed by atoms with Crippen LogP contribution in [0.15, 0.2) is 6.20 Å². The third-order valence-corrected chi connectivity index (χ3v) is 3.95. The number of nitrogens with one attached hydrogen (secondary N) is 2. The van der Waals surface area contributed by atoms with E-state index in [9.17, 15) is 4.79 Å². The van der Waals surface area contributed by atoms with E-state index in [0.717, 1.165) is 44.5 Å². The van der Waals surface area contributed by atoms with E-state index in [0.29, 0.717) is 18.4 Å². The Morgan fingerprint density at radius 1 is 1.55 bits per heavy atom. The maximum absolute atomic E-state index is 11.8. The summed E-state index contributed by atoms with van der Waals surface area (Å²) in [6.45, 7) is 5.55. The molecule has 1 fully saturated rings. The lowest BCUT2D eigenvalue weighted by Crippen LogP contribution is -2.36. The van der Waals surface area contributed by atoms with Crippen LogP contribution < -0.4 is 5.32 Å². The summed E-state index contributed by atoms with van der Waals surface area (Å²) in [5, 5.41) is 9.92. The third-order valence-electron chi connectivity index (χ3n) is 3.95. The summed E-state index contributed by atoms with van der Waals surface area (Å²) < 4.78 is 5.50. The Balaban J connectivity index is 1.52. The maximum Gasteiger partial charge on any atom is 0.220 e. The van der Waals surface area contributed by atoms with E-state index >= 15 is 0 Å². The van der Waals surface area contributed by atoms with Gasteiger partial charge in [-0.2, -0.15) is 5.10 Å². The van der Waals surface area contributed by atoms with Gasteiger partial charge in [0, 0.05) is 25.3 Å². The van der Waals surface area contributed by atoms with E-state index < -0.39 is 0 Å². The number of aromatic amines is 1. The van der Waals surface area contributed by atoms with E-state index in [-0.39, 0.29) is 5.91 Å². The van der Waals surface area contributed by atoms with Crippen LogP contribution in [0.5, 0.6) is 0 Å². The van der Waals surface area contributed by atoms with E-state index in [4.69, 9.17) is 4.74 Å². The summed E-state index contributed by atoms with van der Waals surface area (Å²) in [6, 6.07) is 0. The molecule has 0 radical (unpaired) electrons. The number of hydrogen-bond donors (Lipinski definition) is 2. The highest BCUT2D eigenvalue weighted by Gasteiger charge is 2.30. The summed E-state index contributed by atoms with van der Waals surface area (Å²) in [4.78, 5) is 11.8. The molecule has 1 aromatic heterocycles. The average molecular weight is 279 g/mol. The Morgan fingerprint density at radius 3 is 3.00 bits per heavy atom. The van der Waals surface area contributed by atoms with Crippen LogP contribution in [0.4, 0.5) is 0 Å². The normalized spacial score (nSPS) is 21.5. The van der Waals surface area contributed by atoms with Crippen molar-refractivity contribution in [3.05, 3.63) is 17.5 Å². The van der Waals surface area contributed by atoms with Crippen molar-refractivity contribution in [2.75, 3.05) is 13.2 Å². The number of carbonyl (C=O) groups excluding carboxylic acids is 1. The molecule has 5 nitrogen and oxygen atoms in total. The van der Waals surface area contributed by atoms with Crippen LogP contribution >= 0.6 is 0 Å². The average Bonchev–Trinajstić information content (AvgIpc) is 2.78. The van der Waals surface area contributed by atoms with Crippen molar-refractivity contribution in [2.24, 2.45) is 5.92 Å². The second-order valence-electron chi connectivity index (χ2n) is 5.59. The predicted molar refractivity (Wildman–Crippen MR) is 77.4 cm³/mol. The number of amides is 1. The van der Waals surface area contributed by atoms with Gasteiger partial charge in [0.25, 0.3) is 0 Å². The first kappa shape index (κ1) is 15.0. The van der Waals surface area contributed by atoms with Crippen molar-refractivity contribution in [1.29, 1.82) is 0 Å². The molecule has 0 atom stereocenters. The minimum atomic E-state index is 0.175. The topological polar surface area (TPSA) is 67.0 Å². The quantitative estimate of drug-likeness (QED) is 0.715. The molecular formula is C15H25N3O2. The molecule has 1 heterocycles. The van der Waals surface area contributed by atoms with Crippen molar-refractivity contribution >= 4 is 5.91 Å². The molecule has 2 N–H and O–H groups in total. The number of aryl methyl sites for hydroxylation is 2. The zero-order valence-corrected chi connectivity index (χ0v) is 12.4. The predicted octanol–water partition coefficient (Wildman–Crippen LogP) is 1.97. The number of nitrogens with zero attached hydrogens (tertiary/aromatic N) is 1. The third kappa shape index (κ3) is 4.34. The fourth-order valence-corrected chi connectivity index (χ4v) is 2.68. The zero-order valence-electron chi connectivity index (χ0n) is 12.4. The van der Waals surface area contributed by atoms with Crippen LogP contribution in [0.1, 0.15) is 43.9 Å². The molecule has 0 aliphatic heterocycles. The summed E-state index contributed by atoms with van der Waals surface area (Å²) in [7, 11) is 0. The summed E-state index contributed by atoms with van der Waals surface area (Å²) in [6.07, 6.45) is 6.89. The molecular weight excluding hydrogens is 254 g/mol. The molecule has 5 heteroatoms. The number of hydrogen-bond acceptors (Lipinski definition) is 3. The number of ether oxygens (including phenoxy) is 1. The van der Waals surface area contributed by atoms with Crippen molar-refractivity contribution in [2.45, 2.75) is 52.1 Å². The Morgan fingerprint density at radius 2 is 2.35 bits per heavy atom. The lowest BCUT2D eigenvalue weighted by molar-refractivity contribution is -0.124. The van der Waals surface area contributed by atoms with Crippen molar-refractivity contribution in [1.82, 2.24) is 15.5 Å². The lowest BCUT2D eigenvalue weighted by Gasteiger charge is -2.34. The van der Waals surface area contributed by atoms with Gasteiger partial charge >= 0.3 is 0 Å². The molecule has 112 valence electrons. The first-order valence-electron chi connectivity index (χ1n) is 7.56. The van der Waals surface area contributed by atoms with Gasteiger partial charge in [0.2, 0.25) is 5.91 Å². The molecule has 0 spiro atoms. The second-order valence-corrected chi connectivity index (χ2v) is 5.59. The van der Waals surface area contributed by atoms with Gasteiger partial charge in [-0.15, -0.1) is 0 Å². The van der Waals surface area contributed by atoms with Gasteiger partial charge in [0.1, 0.15) is 0 Å². The van der Waals surface area contributed by atoms with E-state index in [1.807, 2.05) is 20.0 Å². The van der Waals surface area contributed by atoms with E-state index in [1.54, 1.807) is 0 Å². The van der Waals surface area contributed by atoms with Gasteiger partial charge in [-0.25, -0.2) is 0 Å². The Labute approximate surface area is 120 Å². The minimum Gasteiger partial charge on any atom is -0.378 e. The van der Waals surface area contributed by atoms with Gasteiger partial charge in [-0.3, -0.25) is 9.89 Å². The highest BCUT2D eigenvalue weighted by Crippen LogP contribution is 2.32. The number of rotatable bonds is 8. The molecule has 1 aliphatic carbocycles. The highest BCUT2D eigenvalue weighted by molar-refractivity contribution is 5.76. The van der Waals surface area contributed by atoms with Gasteiger partial charge in [0.05, 0.1) is 12.3 Å². The first-order valence-corrected chi connectivity index (χ1v) is 7.56. The molecule has 20 heavy (non-hydrogen) atoms. The standard InChI is InChI=1S/C15H25N3O2/c1-3-20-14-7-12(8-14)9-15(19)16-6-4-5-13-10-17-18-11(13)2/h10,12,14H,3-9H2,1-2H3,(H,16,19)(H,17,18). The van der Waals surface area contributed by atoms with Gasteiger partial charge in [0.15, 0.2) is 0 Å². The number of H-pyrrole nitrogens is 1. The zero-order chi connectivity index (χ0) is 14.4. The fourth-order valence-electron chi connectivity index (χ4n) is 2.68. The molecule has 0 aromatic carbocycles.